The summed E-state index contributed by atoms with van der Waals surface area (Å²) in [6.45, 7) is 2.41. The molecule has 4 rings (SSSR count). The van der Waals surface area contributed by atoms with Crippen LogP contribution in [0, 0.1) is 0 Å². The molecule has 26 heavy (non-hydrogen) atoms. The second kappa shape index (κ2) is 7.13. The summed E-state index contributed by atoms with van der Waals surface area (Å²) in [5.74, 6) is -0.618. The Morgan fingerprint density at radius 1 is 1.19 bits per heavy atom. The first-order valence-electron chi connectivity index (χ1n) is 8.79. The van der Waals surface area contributed by atoms with Gasteiger partial charge in [0.2, 0.25) is 0 Å². The number of nitrogens with one attached hydrogen (secondary N) is 2. The second-order valence-corrected chi connectivity index (χ2v) is 6.71. The van der Waals surface area contributed by atoms with Crippen molar-refractivity contribution in [1.82, 2.24) is 25.3 Å². The van der Waals surface area contributed by atoms with Gasteiger partial charge in [0.05, 0.1) is 12.4 Å². The molecule has 0 amide bonds. The Bertz CT molecular complexity index is 886. The van der Waals surface area contributed by atoms with Crippen LogP contribution in [-0.2, 0) is 6.54 Å². The monoisotopic (exact) mass is 351 g/mol. The van der Waals surface area contributed by atoms with E-state index in [1.54, 1.807) is 6.20 Å². The molecule has 0 aliphatic carbocycles. The Morgan fingerprint density at radius 3 is 2.81 bits per heavy atom. The molecule has 1 fully saturated rings. The number of aromatic carboxylic acids is 1. The van der Waals surface area contributed by atoms with Gasteiger partial charge in [0.25, 0.3) is 0 Å². The smallest absolute Gasteiger partial charge is 0.354 e. The van der Waals surface area contributed by atoms with E-state index in [4.69, 9.17) is 0 Å². The van der Waals surface area contributed by atoms with Crippen LogP contribution in [0.15, 0.2) is 42.7 Å². The fourth-order valence-corrected chi connectivity index (χ4v) is 3.75. The number of rotatable bonds is 5. The van der Waals surface area contributed by atoms with E-state index in [0.717, 1.165) is 48.3 Å². The van der Waals surface area contributed by atoms with Crippen LogP contribution in [0.2, 0.25) is 0 Å². The van der Waals surface area contributed by atoms with Gasteiger partial charge in [0.15, 0.2) is 0 Å². The molecule has 3 N–H and O–H groups in total. The normalized spacial score (nSPS) is 18.1. The quantitative estimate of drug-likeness (QED) is 0.656. The zero-order valence-electron chi connectivity index (χ0n) is 14.4. The number of carboxylic acids is 1. The molecule has 1 aliphatic heterocycles. The molecule has 1 saturated heterocycles. The maximum Gasteiger partial charge on any atom is 0.354 e. The number of piperidine rings is 1. The standard InChI is InChI=1S/C19H21N5O2/c25-19(26)18-15(9-20-23-18)12-24-8-4-7-14(11-24)17-16(10-21-22-17)13-5-2-1-3-6-13/h1-3,5-6,9-10,14H,4,7-8,11-12H2,(H,20,23)(H,21,22)(H,25,26). The molecule has 134 valence electrons. The van der Waals surface area contributed by atoms with Crippen molar-refractivity contribution in [3.8, 4) is 11.1 Å². The van der Waals surface area contributed by atoms with Crippen LogP contribution in [-0.4, -0.2) is 49.5 Å². The van der Waals surface area contributed by atoms with Gasteiger partial charge in [0, 0.05) is 35.8 Å². The molecular weight excluding hydrogens is 330 g/mol. The van der Waals surface area contributed by atoms with E-state index in [9.17, 15) is 9.90 Å². The summed E-state index contributed by atoms with van der Waals surface area (Å²) in [6.07, 6.45) is 5.66. The van der Waals surface area contributed by atoms with Gasteiger partial charge in [-0.2, -0.15) is 10.2 Å². The molecular formula is C19H21N5O2. The highest BCUT2D eigenvalue weighted by Gasteiger charge is 2.26. The number of aromatic nitrogens is 4. The molecule has 0 radical (unpaired) electrons. The number of benzene rings is 1. The first-order valence-corrected chi connectivity index (χ1v) is 8.79. The summed E-state index contributed by atoms with van der Waals surface area (Å²) in [5, 5.41) is 23.2. The largest absolute Gasteiger partial charge is 0.477 e. The first kappa shape index (κ1) is 16.5. The number of hydrogen-bond donors (Lipinski definition) is 3. The third-order valence-electron chi connectivity index (χ3n) is 4.99. The van der Waals surface area contributed by atoms with E-state index in [2.05, 4.69) is 37.4 Å². The zero-order valence-corrected chi connectivity index (χ0v) is 14.4. The van der Waals surface area contributed by atoms with E-state index in [0.29, 0.717) is 12.5 Å². The molecule has 1 unspecified atom stereocenters. The Labute approximate surface area is 151 Å². The predicted octanol–water partition coefficient (Wildman–Crippen LogP) is 2.88. The summed E-state index contributed by atoms with van der Waals surface area (Å²) in [6, 6.07) is 10.3. The molecule has 2 aromatic heterocycles. The highest BCUT2D eigenvalue weighted by Crippen LogP contribution is 2.33. The van der Waals surface area contributed by atoms with Gasteiger partial charge >= 0.3 is 5.97 Å². The van der Waals surface area contributed by atoms with Gasteiger partial charge in [-0.3, -0.25) is 15.1 Å². The average Bonchev–Trinajstić information content (AvgIpc) is 3.32. The second-order valence-electron chi connectivity index (χ2n) is 6.71. The molecule has 1 atom stereocenters. The molecule has 0 saturated carbocycles. The summed E-state index contributed by atoms with van der Waals surface area (Å²) in [4.78, 5) is 13.6. The predicted molar refractivity (Wildman–Crippen MR) is 96.8 cm³/mol. The number of likely N-dealkylation sites (tertiary alicyclic amines) is 1. The Morgan fingerprint density at radius 2 is 2.00 bits per heavy atom. The third-order valence-corrected chi connectivity index (χ3v) is 4.99. The summed E-state index contributed by atoms with van der Waals surface area (Å²) in [5.41, 5.74) is 4.37. The van der Waals surface area contributed by atoms with Gasteiger partial charge in [0.1, 0.15) is 5.69 Å². The number of nitrogens with zero attached hydrogens (tertiary/aromatic N) is 3. The van der Waals surface area contributed by atoms with Gasteiger partial charge in [-0.15, -0.1) is 0 Å². The summed E-state index contributed by atoms with van der Waals surface area (Å²) in [7, 11) is 0. The van der Waals surface area contributed by atoms with Crippen molar-refractivity contribution >= 4 is 5.97 Å². The Kier molecular flexibility index (Phi) is 4.53. The topological polar surface area (TPSA) is 97.9 Å². The summed E-state index contributed by atoms with van der Waals surface area (Å²) >= 11 is 0. The van der Waals surface area contributed by atoms with Crippen molar-refractivity contribution in [3.05, 3.63) is 59.7 Å². The lowest BCUT2D eigenvalue weighted by Gasteiger charge is -2.32. The van der Waals surface area contributed by atoms with Gasteiger partial charge in [-0.25, -0.2) is 4.79 Å². The van der Waals surface area contributed by atoms with Gasteiger partial charge < -0.3 is 5.11 Å². The molecule has 7 nitrogen and oxygen atoms in total. The minimum absolute atomic E-state index is 0.179. The SMILES string of the molecule is O=C(O)c1[nH]ncc1CN1CCCC(c2[nH]ncc2-c2ccccc2)C1. The van der Waals surface area contributed by atoms with E-state index in [1.807, 2.05) is 24.4 Å². The molecule has 1 aromatic carbocycles. The minimum Gasteiger partial charge on any atom is -0.477 e. The zero-order chi connectivity index (χ0) is 17.9. The number of aromatic amines is 2. The van der Waals surface area contributed by atoms with Crippen LogP contribution in [0.1, 0.15) is 40.5 Å². The fraction of sp³-hybridized carbons (Fsp3) is 0.316. The van der Waals surface area contributed by atoms with Crippen molar-refractivity contribution in [2.24, 2.45) is 0 Å². The molecule has 0 spiro atoms. The number of carboxylic acid groups (broad SMARTS) is 1. The van der Waals surface area contributed by atoms with E-state index in [-0.39, 0.29) is 5.69 Å². The fourth-order valence-electron chi connectivity index (χ4n) is 3.75. The molecule has 3 heterocycles. The van der Waals surface area contributed by atoms with Crippen LogP contribution < -0.4 is 0 Å². The molecule has 7 heteroatoms. The van der Waals surface area contributed by atoms with Crippen molar-refractivity contribution in [2.45, 2.75) is 25.3 Å². The van der Waals surface area contributed by atoms with Crippen molar-refractivity contribution < 1.29 is 9.90 Å². The number of carbonyl (C=O) groups is 1. The lowest BCUT2D eigenvalue weighted by Crippen LogP contribution is -2.34. The van der Waals surface area contributed by atoms with E-state index < -0.39 is 5.97 Å². The first-order chi connectivity index (χ1) is 12.7. The maximum absolute atomic E-state index is 11.3. The van der Waals surface area contributed by atoms with Crippen LogP contribution in [0.3, 0.4) is 0 Å². The van der Waals surface area contributed by atoms with Crippen LogP contribution >= 0.6 is 0 Å². The van der Waals surface area contributed by atoms with E-state index in [1.165, 1.54) is 0 Å². The van der Waals surface area contributed by atoms with Crippen molar-refractivity contribution in [1.29, 1.82) is 0 Å². The van der Waals surface area contributed by atoms with Crippen LogP contribution in [0.5, 0.6) is 0 Å². The van der Waals surface area contributed by atoms with Crippen molar-refractivity contribution in [2.75, 3.05) is 13.1 Å². The minimum atomic E-state index is -0.967. The number of H-pyrrole nitrogens is 2. The lowest BCUT2D eigenvalue weighted by molar-refractivity contribution is 0.0687. The van der Waals surface area contributed by atoms with Gasteiger partial charge in [-0.05, 0) is 24.9 Å². The average molecular weight is 351 g/mol. The molecule has 1 aliphatic rings. The van der Waals surface area contributed by atoms with E-state index >= 15 is 0 Å². The highest BCUT2D eigenvalue weighted by molar-refractivity contribution is 5.86. The third kappa shape index (κ3) is 3.25. The van der Waals surface area contributed by atoms with Crippen LogP contribution in [0.25, 0.3) is 11.1 Å². The van der Waals surface area contributed by atoms with Crippen LogP contribution in [0.4, 0.5) is 0 Å². The molecule has 3 aromatic rings. The van der Waals surface area contributed by atoms with Crippen molar-refractivity contribution in [3.63, 3.8) is 0 Å². The molecule has 0 bridgehead atoms. The Balaban J connectivity index is 1.52. The lowest BCUT2D eigenvalue weighted by atomic mass is 9.90. The number of hydrogen-bond acceptors (Lipinski definition) is 4. The van der Waals surface area contributed by atoms with Gasteiger partial charge in [-0.1, -0.05) is 30.3 Å². The Hall–Kier alpha value is -2.93. The maximum atomic E-state index is 11.3. The highest BCUT2D eigenvalue weighted by atomic mass is 16.4. The summed E-state index contributed by atoms with van der Waals surface area (Å²) < 4.78 is 0.